The fraction of sp³-hybridized carbons (Fsp3) is 0.300. The van der Waals surface area contributed by atoms with E-state index in [0.29, 0.717) is 12.6 Å². The average molecular weight is 354 g/mol. The largest absolute Gasteiger partial charge is 0.497 e. The first-order chi connectivity index (χ1) is 12.2. The van der Waals surface area contributed by atoms with Gasteiger partial charge < -0.3 is 19.4 Å². The minimum Gasteiger partial charge on any atom is -0.497 e. The summed E-state index contributed by atoms with van der Waals surface area (Å²) in [5.41, 5.74) is 2.45. The molecule has 1 unspecified atom stereocenters. The van der Waals surface area contributed by atoms with Crippen LogP contribution in [0, 0.1) is 6.92 Å². The number of methoxy groups -OCH3 is 1. The second kappa shape index (κ2) is 6.65. The minimum atomic E-state index is 0.290. The average Bonchev–Trinajstić information content (AvgIpc) is 2.92. The van der Waals surface area contributed by atoms with Crippen molar-refractivity contribution in [3.8, 4) is 11.5 Å². The first kappa shape index (κ1) is 16.4. The summed E-state index contributed by atoms with van der Waals surface area (Å²) in [6.07, 6.45) is 0. The first-order valence-corrected chi connectivity index (χ1v) is 9.27. The quantitative estimate of drug-likeness (QED) is 0.742. The number of hydrogen-bond donors (Lipinski definition) is 1. The van der Waals surface area contributed by atoms with Crippen LogP contribution in [-0.4, -0.2) is 31.9 Å². The lowest BCUT2D eigenvalue weighted by Crippen LogP contribution is -2.30. The van der Waals surface area contributed by atoms with Crippen molar-refractivity contribution in [3.63, 3.8) is 0 Å². The van der Waals surface area contributed by atoms with Crippen LogP contribution >= 0.6 is 11.8 Å². The first-order valence-electron chi connectivity index (χ1n) is 8.45. The number of nitrogens with zero attached hydrogens (tertiary/aromatic N) is 1. The van der Waals surface area contributed by atoms with Crippen LogP contribution in [0.3, 0.4) is 0 Å². The highest BCUT2D eigenvalue weighted by Gasteiger charge is 2.28. The Balaban J connectivity index is 1.93. The van der Waals surface area contributed by atoms with Gasteiger partial charge in [-0.1, -0.05) is 30.0 Å². The highest BCUT2D eigenvalue weighted by Crippen LogP contribution is 2.46. The van der Waals surface area contributed by atoms with Gasteiger partial charge in [-0.05, 0) is 32.2 Å². The Morgan fingerprint density at radius 2 is 2.08 bits per heavy atom. The van der Waals surface area contributed by atoms with E-state index in [-0.39, 0.29) is 0 Å². The molecule has 0 fully saturated rings. The van der Waals surface area contributed by atoms with Gasteiger partial charge in [0.05, 0.1) is 18.7 Å². The molecule has 25 heavy (non-hydrogen) atoms. The van der Waals surface area contributed by atoms with Crippen LogP contribution in [-0.2, 0) is 0 Å². The maximum atomic E-state index is 6.07. The van der Waals surface area contributed by atoms with Crippen molar-refractivity contribution in [2.75, 3.05) is 27.3 Å². The van der Waals surface area contributed by atoms with Gasteiger partial charge in [-0.2, -0.15) is 0 Å². The highest BCUT2D eigenvalue weighted by molar-refractivity contribution is 7.99. The summed E-state index contributed by atoms with van der Waals surface area (Å²) in [7, 11) is 3.69. The number of hydrogen-bond acceptors (Lipinski definition) is 4. The third-order valence-electron chi connectivity index (χ3n) is 4.66. The number of nitrogens with one attached hydrogen (secondary N) is 1. The maximum Gasteiger partial charge on any atom is 0.147 e. The van der Waals surface area contributed by atoms with Crippen LogP contribution in [0.5, 0.6) is 11.5 Å². The molecule has 2 aromatic carbocycles. The van der Waals surface area contributed by atoms with Gasteiger partial charge in [-0.15, -0.1) is 0 Å². The number of benzene rings is 2. The van der Waals surface area contributed by atoms with E-state index in [1.54, 1.807) is 18.9 Å². The molecular formula is C20H22N2O2S. The Kier molecular flexibility index (Phi) is 4.36. The molecular weight excluding hydrogens is 332 g/mol. The molecule has 1 aliphatic rings. The second-order valence-electron chi connectivity index (χ2n) is 6.24. The zero-order chi connectivity index (χ0) is 17.4. The van der Waals surface area contributed by atoms with E-state index < -0.39 is 0 Å². The maximum absolute atomic E-state index is 6.07. The van der Waals surface area contributed by atoms with Crippen LogP contribution in [0.4, 0.5) is 0 Å². The van der Waals surface area contributed by atoms with Crippen LogP contribution in [0.15, 0.2) is 52.3 Å². The molecule has 1 aliphatic heterocycles. The zero-order valence-corrected chi connectivity index (χ0v) is 15.5. The minimum absolute atomic E-state index is 0.290. The smallest absolute Gasteiger partial charge is 0.147 e. The lowest BCUT2D eigenvalue weighted by Gasteiger charge is -2.27. The molecule has 0 radical (unpaired) electrons. The molecule has 0 spiro atoms. The molecule has 1 N–H and O–H groups in total. The van der Waals surface area contributed by atoms with Gasteiger partial charge in [-0.25, -0.2) is 0 Å². The Hall–Kier alpha value is -2.11. The molecule has 0 bridgehead atoms. The van der Waals surface area contributed by atoms with Gasteiger partial charge >= 0.3 is 0 Å². The molecule has 0 saturated carbocycles. The molecule has 0 saturated heterocycles. The second-order valence-corrected chi connectivity index (χ2v) is 7.33. The number of aromatic nitrogens is 1. The van der Waals surface area contributed by atoms with Gasteiger partial charge in [0, 0.05) is 33.5 Å². The van der Waals surface area contributed by atoms with Crippen molar-refractivity contribution in [1.29, 1.82) is 0 Å². The molecule has 1 atom stereocenters. The summed E-state index contributed by atoms with van der Waals surface area (Å²) in [5.74, 6) is 1.74. The lowest BCUT2D eigenvalue weighted by molar-refractivity contribution is 0.232. The Bertz CT molecular complexity index is 905. The fourth-order valence-electron chi connectivity index (χ4n) is 3.54. The molecule has 4 rings (SSSR count). The van der Waals surface area contributed by atoms with E-state index in [1.807, 2.05) is 19.2 Å². The highest BCUT2D eigenvalue weighted by atomic mass is 32.2. The molecule has 2 heterocycles. The van der Waals surface area contributed by atoms with Crippen LogP contribution in [0.25, 0.3) is 10.9 Å². The van der Waals surface area contributed by atoms with Gasteiger partial charge in [-0.3, -0.25) is 0 Å². The van der Waals surface area contributed by atoms with E-state index in [2.05, 4.69) is 47.1 Å². The molecule has 130 valence electrons. The van der Waals surface area contributed by atoms with Gasteiger partial charge in [0.15, 0.2) is 0 Å². The number of ether oxygens (including phenoxy) is 2. The number of rotatable bonds is 5. The summed E-state index contributed by atoms with van der Waals surface area (Å²) in [6, 6.07) is 14.9. The standard InChI is InChI=1S/C20H22N2O2S/c1-13-20(25-16-7-5-4-6-8-16)17-9-15(23-3)10-18-19(17)22(13)14(11-21-2)12-24-18/h4-10,14,21H,11-12H2,1-3H3. The Morgan fingerprint density at radius 3 is 2.80 bits per heavy atom. The van der Waals surface area contributed by atoms with Crippen LogP contribution in [0.1, 0.15) is 11.7 Å². The van der Waals surface area contributed by atoms with E-state index in [0.717, 1.165) is 18.0 Å². The zero-order valence-electron chi connectivity index (χ0n) is 14.7. The molecule has 1 aromatic heterocycles. The molecule has 5 heteroatoms. The predicted molar refractivity (Wildman–Crippen MR) is 102 cm³/mol. The summed E-state index contributed by atoms with van der Waals surface area (Å²) in [6.45, 7) is 3.75. The Labute approximate surface area is 152 Å². The van der Waals surface area contributed by atoms with Gasteiger partial charge in [0.2, 0.25) is 0 Å². The number of likely N-dealkylation sites (N-methyl/N-ethyl adjacent to an activating group) is 1. The lowest BCUT2D eigenvalue weighted by atomic mass is 10.2. The van der Waals surface area contributed by atoms with Gasteiger partial charge in [0.1, 0.15) is 18.1 Å². The summed E-state index contributed by atoms with van der Waals surface area (Å²) < 4.78 is 14.0. The van der Waals surface area contributed by atoms with Crippen molar-refractivity contribution >= 4 is 22.7 Å². The summed E-state index contributed by atoms with van der Waals surface area (Å²) >= 11 is 1.80. The van der Waals surface area contributed by atoms with E-state index in [1.165, 1.54) is 26.4 Å². The van der Waals surface area contributed by atoms with Crippen molar-refractivity contribution in [2.24, 2.45) is 0 Å². The van der Waals surface area contributed by atoms with Crippen molar-refractivity contribution in [3.05, 3.63) is 48.2 Å². The predicted octanol–water partition coefficient (Wildman–Crippen LogP) is 4.26. The van der Waals surface area contributed by atoms with Crippen molar-refractivity contribution in [2.45, 2.75) is 22.8 Å². The third-order valence-corrected chi connectivity index (χ3v) is 5.89. The van der Waals surface area contributed by atoms with E-state index in [9.17, 15) is 0 Å². The summed E-state index contributed by atoms with van der Waals surface area (Å²) in [5, 5.41) is 4.48. The summed E-state index contributed by atoms with van der Waals surface area (Å²) in [4.78, 5) is 2.51. The topological polar surface area (TPSA) is 35.4 Å². The molecule has 4 nitrogen and oxygen atoms in total. The van der Waals surface area contributed by atoms with E-state index in [4.69, 9.17) is 9.47 Å². The van der Waals surface area contributed by atoms with Crippen molar-refractivity contribution < 1.29 is 9.47 Å². The van der Waals surface area contributed by atoms with Gasteiger partial charge in [0.25, 0.3) is 0 Å². The fourth-order valence-corrected chi connectivity index (χ4v) is 4.58. The third kappa shape index (κ3) is 2.77. The van der Waals surface area contributed by atoms with Crippen molar-refractivity contribution in [1.82, 2.24) is 9.88 Å². The molecule has 3 aromatic rings. The monoisotopic (exact) mass is 354 g/mol. The normalized spacial score (nSPS) is 16.0. The SMILES string of the molecule is CNCC1COc2cc(OC)cc3c(Sc4ccccc4)c(C)n1c23. The van der Waals surface area contributed by atoms with E-state index >= 15 is 0 Å². The molecule has 0 amide bonds. The Morgan fingerprint density at radius 1 is 1.28 bits per heavy atom. The van der Waals surface area contributed by atoms with Crippen LogP contribution in [0.2, 0.25) is 0 Å². The molecule has 0 aliphatic carbocycles. The van der Waals surface area contributed by atoms with Crippen LogP contribution < -0.4 is 14.8 Å².